The van der Waals surface area contributed by atoms with Gasteiger partial charge in [-0.25, -0.2) is 5.48 Å². The zero-order chi connectivity index (χ0) is 16.5. The van der Waals surface area contributed by atoms with Gasteiger partial charge in [0.2, 0.25) is 5.91 Å². The monoisotopic (exact) mass is 313 g/mol. The Labute approximate surface area is 138 Å². The van der Waals surface area contributed by atoms with Crippen LogP contribution in [0.5, 0.6) is 0 Å². The lowest BCUT2D eigenvalue weighted by molar-refractivity contribution is -0.133. The summed E-state index contributed by atoms with van der Waals surface area (Å²) in [4.78, 5) is 11.3. The van der Waals surface area contributed by atoms with E-state index in [2.05, 4.69) is 6.92 Å². The Kier molecular flexibility index (Phi) is 16.4. The third kappa shape index (κ3) is 13.1. The highest BCUT2D eigenvalue weighted by Crippen LogP contribution is 2.16. The highest BCUT2D eigenvalue weighted by atomic mass is 16.5. The number of amides is 1. The molecule has 0 radical (unpaired) electrons. The van der Waals surface area contributed by atoms with Gasteiger partial charge in [-0.05, 0) is 12.8 Å². The Morgan fingerprint density at radius 1 is 0.773 bits per heavy atom. The summed E-state index contributed by atoms with van der Waals surface area (Å²) in [5.41, 5.74) is 1.77. The molecule has 0 saturated heterocycles. The van der Waals surface area contributed by atoms with Crippen molar-refractivity contribution in [2.45, 2.75) is 110 Å². The van der Waals surface area contributed by atoms with Gasteiger partial charge >= 0.3 is 0 Å². The van der Waals surface area contributed by atoms with Crippen molar-refractivity contribution in [3.05, 3.63) is 0 Å². The van der Waals surface area contributed by atoms with Crippen molar-refractivity contribution < 1.29 is 10.0 Å². The molecule has 2 N–H and O–H groups in total. The quantitative estimate of drug-likeness (QED) is 0.208. The predicted octanol–water partition coefficient (Wildman–Crippen LogP) is 6.00. The van der Waals surface area contributed by atoms with Gasteiger partial charge in [-0.2, -0.15) is 0 Å². The minimum atomic E-state index is -0.221. The lowest BCUT2D eigenvalue weighted by atomic mass is 9.97. The zero-order valence-corrected chi connectivity index (χ0v) is 15.0. The first-order valence-corrected chi connectivity index (χ1v) is 9.70. The number of hydrogen-bond donors (Lipinski definition) is 2. The highest BCUT2D eigenvalue weighted by molar-refractivity contribution is 5.77. The summed E-state index contributed by atoms with van der Waals surface area (Å²) in [5, 5.41) is 8.64. The second kappa shape index (κ2) is 16.8. The third-order valence-electron chi connectivity index (χ3n) is 4.63. The average molecular weight is 314 g/mol. The van der Waals surface area contributed by atoms with Crippen LogP contribution in [0, 0.1) is 5.92 Å². The largest absolute Gasteiger partial charge is 0.289 e. The second-order valence-electron chi connectivity index (χ2n) is 6.61. The van der Waals surface area contributed by atoms with Crippen LogP contribution in [0.3, 0.4) is 0 Å². The molecule has 1 atom stereocenters. The molecule has 0 aromatic rings. The van der Waals surface area contributed by atoms with Gasteiger partial charge in [0.05, 0.1) is 0 Å². The van der Waals surface area contributed by atoms with Crippen LogP contribution in [0.25, 0.3) is 0 Å². The Morgan fingerprint density at radius 3 is 1.55 bits per heavy atom. The number of carbonyl (C=O) groups excluding carboxylic acids is 1. The molecule has 0 rings (SSSR count). The van der Waals surface area contributed by atoms with Gasteiger partial charge in [0.25, 0.3) is 0 Å². The fourth-order valence-electron chi connectivity index (χ4n) is 3.02. The molecular weight excluding hydrogens is 274 g/mol. The number of nitrogens with one attached hydrogen (secondary N) is 1. The van der Waals surface area contributed by atoms with Crippen LogP contribution in [-0.4, -0.2) is 11.1 Å². The predicted molar refractivity (Wildman–Crippen MR) is 94.0 cm³/mol. The van der Waals surface area contributed by atoms with Crippen molar-refractivity contribution in [3.8, 4) is 0 Å². The molecule has 0 aliphatic carbocycles. The summed E-state index contributed by atoms with van der Waals surface area (Å²) in [6, 6.07) is 0. The molecule has 3 heteroatoms. The van der Waals surface area contributed by atoms with Crippen LogP contribution < -0.4 is 5.48 Å². The lowest BCUT2D eigenvalue weighted by Gasteiger charge is -2.11. The second-order valence-corrected chi connectivity index (χ2v) is 6.61. The standard InChI is InChI=1S/C19H39NO2/c1-3-5-6-7-8-9-10-11-12-13-14-15-16-17-18(4-2)19(21)20-22/h18,22H,3-17H2,1-2H3,(H,20,21). The molecule has 0 spiro atoms. The summed E-state index contributed by atoms with van der Waals surface area (Å²) >= 11 is 0. The van der Waals surface area contributed by atoms with E-state index in [1.807, 2.05) is 6.92 Å². The molecule has 132 valence electrons. The molecule has 3 nitrogen and oxygen atoms in total. The summed E-state index contributed by atoms with van der Waals surface area (Å²) in [5.74, 6) is -0.237. The fourth-order valence-corrected chi connectivity index (χ4v) is 3.02. The number of unbranched alkanes of at least 4 members (excludes halogenated alkanes) is 12. The number of hydrogen-bond acceptors (Lipinski definition) is 2. The minimum absolute atomic E-state index is 0.0160. The molecule has 1 unspecified atom stereocenters. The Hall–Kier alpha value is -0.570. The molecule has 0 aliphatic rings. The van der Waals surface area contributed by atoms with Gasteiger partial charge < -0.3 is 0 Å². The van der Waals surface area contributed by atoms with E-state index in [4.69, 9.17) is 5.21 Å². The van der Waals surface area contributed by atoms with Gasteiger partial charge in [0.1, 0.15) is 0 Å². The minimum Gasteiger partial charge on any atom is -0.289 e. The Morgan fingerprint density at radius 2 is 1.18 bits per heavy atom. The average Bonchev–Trinajstić information content (AvgIpc) is 2.54. The summed E-state index contributed by atoms with van der Waals surface area (Å²) in [6.07, 6.45) is 19.2. The van der Waals surface area contributed by atoms with Crippen molar-refractivity contribution in [2.24, 2.45) is 5.92 Å². The van der Waals surface area contributed by atoms with E-state index in [1.165, 1.54) is 77.0 Å². The number of carbonyl (C=O) groups is 1. The van der Waals surface area contributed by atoms with Crippen molar-refractivity contribution in [2.75, 3.05) is 0 Å². The van der Waals surface area contributed by atoms with Crippen LogP contribution in [0.4, 0.5) is 0 Å². The first-order chi connectivity index (χ1) is 10.8. The van der Waals surface area contributed by atoms with Gasteiger partial charge in [0, 0.05) is 5.92 Å². The Bertz CT molecular complexity index is 244. The Balaban J connectivity index is 3.21. The first kappa shape index (κ1) is 21.4. The molecule has 0 bridgehead atoms. The maximum Gasteiger partial charge on any atom is 0.246 e. The van der Waals surface area contributed by atoms with Gasteiger partial charge in [-0.15, -0.1) is 0 Å². The molecule has 0 aromatic heterocycles. The molecule has 0 aliphatic heterocycles. The van der Waals surface area contributed by atoms with E-state index in [9.17, 15) is 4.79 Å². The fraction of sp³-hybridized carbons (Fsp3) is 0.947. The maximum absolute atomic E-state index is 11.3. The van der Waals surface area contributed by atoms with E-state index in [-0.39, 0.29) is 11.8 Å². The van der Waals surface area contributed by atoms with Crippen LogP contribution in [0.1, 0.15) is 110 Å². The van der Waals surface area contributed by atoms with Crippen LogP contribution >= 0.6 is 0 Å². The number of hydroxylamine groups is 1. The van der Waals surface area contributed by atoms with E-state index < -0.39 is 0 Å². The van der Waals surface area contributed by atoms with Crippen molar-refractivity contribution >= 4 is 5.91 Å². The highest BCUT2D eigenvalue weighted by Gasteiger charge is 2.14. The van der Waals surface area contributed by atoms with E-state index in [0.29, 0.717) is 0 Å². The molecule has 0 aromatic carbocycles. The van der Waals surface area contributed by atoms with Crippen LogP contribution in [-0.2, 0) is 4.79 Å². The van der Waals surface area contributed by atoms with E-state index >= 15 is 0 Å². The van der Waals surface area contributed by atoms with Crippen molar-refractivity contribution in [3.63, 3.8) is 0 Å². The molecule has 0 saturated carbocycles. The van der Waals surface area contributed by atoms with E-state index in [0.717, 1.165) is 19.3 Å². The third-order valence-corrected chi connectivity index (χ3v) is 4.63. The van der Waals surface area contributed by atoms with Gasteiger partial charge in [-0.1, -0.05) is 97.3 Å². The summed E-state index contributed by atoms with van der Waals surface area (Å²) < 4.78 is 0. The SMILES string of the molecule is CCCCCCCCCCCCCCCC(CC)C(=O)NO. The molecule has 1 amide bonds. The summed E-state index contributed by atoms with van der Waals surface area (Å²) in [7, 11) is 0. The van der Waals surface area contributed by atoms with E-state index in [1.54, 1.807) is 5.48 Å². The van der Waals surface area contributed by atoms with Gasteiger partial charge in [-0.3, -0.25) is 10.0 Å². The molecule has 0 heterocycles. The first-order valence-electron chi connectivity index (χ1n) is 9.70. The molecule has 0 fully saturated rings. The lowest BCUT2D eigenvalue weighted by Crippen LogP contribution is -2.27. The number of rotatable bonds is 16. The van der Waals surface area contributed by atoms with Crippen molar-refractivity contribution in [1.82, 2.24) is 5.48 Å². The molecule has 22 heavy (non-hydrogen) atoms. The van der Waals surface area contributed by atoms with Gasteiger partial charge in [0.15, 0.2) is 0 Å². The summed E-state index contributed by atoms with van der Waals surface area (Å²) in [6.45, 7) is 4.27. The van der Waals surface area contributed by atoms with Crippen LogP contribution in [0.2, 0.25) is 0 Å². The van der Waals surface area contributed by atoms with Crippen LogP contribution in [0.15, 0.2) is 0 Å². The molecular formula is C19H39NO2. The normalized spacial score (nSPS) is 12.3. The maximum atomic E-state index is 11.3. The zero-order valence-electron chi connectivity index (χ0n) is 15.0. The van der Waals surface area contributed by atoms with Crippen molar-refractivity contribution in [1.29, 1.82) is 0 Å². The smallest absolute Gasteiger partial charge is 0.246 e. The topological polar surface area (TPSA) is 49.3 Å².